The number of nitrogens with one attached hydrogen (secondary N) is 2. The maximum Gasteiger partial charge on any atom is 0.254 e. The van der Waals surface area contributed by atoms with Crippen molar-refractivity contribution in [1.82, 2.24) is 15.6 Å². The van der Waals surface area contributed by atoms with Crippen molar-refractivity contribution in [3.05, 3.63) is 111 Å². The molecule has 0 aliphatic heterocycles. The summed E-state index contributed by atoms with van der Waals surface area (Å²) < 4.78 is 14.9. The first-order chi connectivity index (χ1) is 17.1. The number of benzene rings is 3. The van der Waals surface area contributed by atoms with E-state index < -0.39 is 23.9 Å². The molecule has 178 valence electrons. The van der Waals surface area contributed by atoms with Gasteiger partial charge in [0.25, 0.3) is 5.91 Å². The number of rotatable bonds is 8. The van der Waals surface area contributed by atoms with Crippen molar-refractivity contribution in [2.24, 2.45) is 0 Å². The molecular weight excluding hydrogens is 461 g/mol. The second-order valence-corrected chi connectivity index (χ2v) is 9.44. The van der Waals surface area contributed by atoms with Crippen molar-refractivity contribution in [3.63, 3.8) is 0 Å². The third-order valence-electron chi connectivity index (χ3n) is 6.34. The summed E-state index contributed by atoms with van der Waals surface area (Å²) in [6.45, 7) is 1.48. The number of aromatic nitrogens is 1. The van der Waals surface area contributed by atoms with E-state index in [2.05, 4.69) is 15.6 Å². The third kappa shape index (κ3) is 5.32. The molecule has 2 atom stereocenters. The summed E-state index contributed by atoms with van der Waals surface area (Å²) in [5.41, 5.74) is 7.40. The third-order valence-corrected chi connectivity index (χ3v) is 6.97. The lowest BCUT2D eigenvalue weighted by molar-refractivity contribution is 0.0854. The second-order valence-electron chi connectivity index (χ2n) is 8.72. The zero-order chi connectivity index (χ0) is 24.2. The van der Waals surface area contributed by atoms with Gasteiger partial charge in [-0.05, 0) is 39.9 Å². The van der Waals surface area contributed by atoms with Gasteiger partial charge in [0.2, 0.25) is 0 Å². The number of hydrogen-bond donors (Lipinski definition) is 3. The molecule has 1 amide bonds. The highest BCUT2D eigenvalue weighted by atomic mass is 32.1. The predicted molar refractivity (Wildman–Crippen MR) is 136 cm³/mol. The number of thiazole rings is 1. The molecular formula is C28H26FN3O2S. The van der Waals surface area contributed by atoms with Crippen LogP contribution in [0.15, 0.2) is 77.6 Å². The first kappa shape index (κ1) is 23.4. The van der Waals surface area contributed by atoms with Gasteiger partial charge in [-0.1, -0.05) is 54.6 Å². The van der Waals surface area contributed by atoms with Gasteiger partial charge in [-0.3, -0.25) is 4.79 Å². The van der Waals surface area contributed by atoms with Crippen LogP contribution in [0.3, 0.4) is 0 Å². The Kier molecular flexibility index (Phi) is 6.99. The Morgan fingerprint density at radius 2 is 1.94 bits per heavy atom. The Labute approximate surface area is 207 Å². The highest BCUT2D eigenvalue weighted by Crippen LogP contribution is 2.33. The molecule has 0 unspecified atom stereocenters. The average molecular weight is 488 g/mol. The molecule has 1 aliphatic carbocycles. The fourth-order valence-corrected chi connectivity index (χ4v) is 5.09. The zero-order valence-corrected chi connectivity index (χ0v) is 19.9. The van der Waals surface area contributed by atoms with Gasteiger partial charge in [-0.25, -0.2) is 9.37 Å². The lowest BCUT2D eigenvalue weighted by Gasteiger charge is -2.19. The van der Waals surface area contributed by atoms with Gasteiger partial charge >= 0.3 is 0 Å². The summed E-state index contributed by atoms with van der Waals surface area (Å²) in [6.07, 6.45) is 0.557. The Bertz CT molecular complexity index is 1310. The molecule has 0 radical (unpaired) electrons. The van der Waals surface area contributed by atoms with Gasteiger partial charge in [-0.2, -0.15) is 0 Å². The molecule has 1 aromatic heterocycles. The number of carbonyl (C=O) groups excluding carboxylic acids is 1. The fraction of sp³-hybridized carbons (Fsp3) is 0.214. The SMILES string of the molecule is O=C(N[C@@H]1c2cc(CNCCc3cscn3)ccc2C[C@H]1O)c1ccc(-c2ccccc2)cc1F. The van der Waals surface area contributed by atoms with E-state index in [4.69, 9.17) is 0 Å². The molecule has 7 heteroatoms. The van der Waals surface area contributed by atoms with E-state index in [1.54, 1.807) is 17.4 Å². The van der Waals surface area contributed by atoms with E-state index in [-0.39, 0.29) is 5.56 Å². The van der Waals surface area contributed by atoms with Crippen LogP contribution in [-0.2, 0) is 19.4 Å². The summed E-state index contributed by atoms with van der Waals surface area (Å²) in [4.78, 5) is 17.2. The molecule has 4 aromatic rings. The number of nitrogens with zero attached hydrogens (tertiary/aromatic N) is 1. The van der Waals surface area contributed by atoms with E-state index in [0.29, 0.717) is 18.5 Å². The van der Waals surface area contributed by atoms with Gasteiger partial charge < -0.3 is 15.7 Å². The number of amides is 1. The van der Waals surface area contributed by atoms with E-state index in [1.165, 1.54) is 12.1 Å². The lowest BCUT2D eigenvalue weighted by Crippen LogP contribution is -2.34. The minimum Gasteiger partial charge on any atom is -0.390 e. The molecule has 1 heterocycles. The first-order valence-electron chi connectivity index (χ1n) is 11.6. The number of hydrogen-bond acceptors (Lipinski definition) is 5. The largest absolute Gasteiger partial charge is 0.390 e. The van der Waals surface area contributed by atoms with E-state index in [9.17, 15) is 14.3 Å². The molecule has 0 bridgehead atoms. The Morgan fingerprint density at radius 3 is 2.71 bits per heavy atom. The maximum absolute atomic E-state index is 14.9. The van der Waals surface area contributed by atoms with Crippen LogP contribution in [0.4, 0.5) is 4.39 Å². The highest BCUT2D eigenvalue weighted by molar-refractivity contribution is 7.07. The van der Waals surface area contributed by atoms with Crippen LogP contribution in [-0.4, -0.2) is 28.6 Å². The molecule has 5 nitrogen and oxygen atoms in total. The number of halogens is 1. The van der Waals surface area contributed by atoms with Crippen LogP contribution in [0.5, 0.6) is 0 Å². The molecule has 0 spiro atoms. The molecule has 1 aliphatic rings. The Balaban J connectivity index is 1.26. The molecule has 0 fully saturated rings. The van der Waals surface area contributed by atoms with Gasteiger partial charge in [0.15, 0.2) is 0 Å². The normalized spacial score (nSPS) is 16.7. The minimum atomic E-state index is -0.756. The van der Waals surface area contributed by atoms with Crippen LogP contribution in [0.25, 0.3) is 11.1 Å². The van der Waals surface area contributed by atoms with Crippen molar-refractivity contribution < 1.29 is 14.3 Å². The standard InChI is InChI=1S/C28H26FN3O2S/c29-25-13-20(19-4-2-1-3-5-19)8-9-23(25)28(34)32-27-24-12-18(6-7-21(24)14-26(27)33)15-30-11-10-22-16-35-17-31-22/h1-9,12-13,16-17,26-27,30,33H,10-11,14-15H2,(H,32,34)/t26-,27-/m1/s1. The molecule has 3 N–H and O–H groups in total. The van der Waals surface area contributed by atoms with E-state index in [1.807, 2.05) is 59.4 Å². The predicted octanol–water partition coefficient (Wildman–Crippen LogP) is 4.67. The topological polar surface area (TPSA) is 74.2 Å². The van der Waals surface area contributed by atoms with Gasteiger partial charge in [-0.15, -0.1) is 11.3 Å². The van der Waals surface area contributed by atoms with Crippen molar-refractivity contribution in [2.75, 3.05) is 6.54 Å². The summed E-state index contributed by atoms with van der Waals surface area (Å²) in [6, 6.07) is 19.5. The molecule has 0 saturated carbocycles. The Morgan fingerprint density at radius 1 is 1.09 bits per heavy atom. The van der Waals surface area contributed by atoms with Crippen molar-refractivity contribution in [1.29, 1.82) is 0 Å². The number of aliphatic hydroxyl groups is 1. The van der Waals surface area contributed by atoms with E-state index >= 15 is 0 Å². The summed E-state index contributed by atoms with van der Waals surface area (Å²) in [5, 5.41) is 19.0. The summed E-state index contributed by atoms with van der Waals surface area (Å²) >= 11 is 1.59. The quantitative estimate of drug-likeness (QED) is 0.316. The molecule has 0 saturated heterocycles. The number of fused-ring (bicyclic) bond motifs is 1. The Hall–Kier alpha value is -3.39. The smallest absolute Gasteiger partial charge is 0.254 e. The van der Waals surface area contributed by atoms with Crippen molar-refractivity contribution in [2.45, 2.75) is 31.5 Å². The van der Waals surface area contributed by atoms with Crippen LogP contribution in [0, 0.1) is 5.82 Å². The molecule has 35 heavy (non-hydrogen) atoms. The van der Waals surface area contributed by atoms with E-state index in [0.717, 1.165) is 40.9 Å². The number of aliphatic hydroxyl groups excluding tert-OH is 1. The second kappa shape index (κ2) is 10.5. The van der Waals surface area contributed by atoms with Gasteiger partial charge in [0.1, 0.15) is 5.82 Å². The fourth-order valence-electron chi connectivity index (χ4n) is 4.49. The average Bonchev–Trinajstić information content (AvgIpc) is 3.50. The van der Waals surface area contributed by atoms with Crippen molar-refractivity contribution >= 4 is 17.2 Å². The highest BCUT2D eigenvalue weighted by Gasteiger charge is 2.33. The number of carbonyl (C=O) groups is 1. The van der Waals surface area contributed by atoms with Crippen LogP contribution >= 0.6 is 11.3 Å². The minimum absolute atomic E-state index is 0.0369. The molecule has 3 aromatic carbocycles. The van der Waals surface area contributed by atoms with Crippen LogP contribution in [0.1, 0.15) is 38.8 Å². The maximum atomic E-state index is 14.9. The summed E-state index contributed by atoms with van der Waals surface area (Å²) in [5.74, 6) is -1.12. The molecule has 5 rings (SSSR count). The van der Waals surface area contributed by atoms with Gasteiger partial charge in [0, 0.05) is 31.3 Å². The lowest BCUT2D eigenvalue weighted by atomic mass is 10.0. The van der Waals surface area contributed by atoms with Gasteiger partial charge in [0.05, 0.1) is 28.9 Å². The monoisotopic (exact) mass is 487 g/mol. The van der Waals surface area contributed by atoms with Crippen LogP contribution < -0.4 is 10.6 Å². The zero-order valence-electron chi connectivity index (χ0n) is 19.1. The van der Waals surface area contributed by atoms with Crippen molar-refractivity contribution in [3.8, 4) is 11.1 Å². The first-order valence-corrected chi connectivity index (χ1v) is 12.6. The van der Waals surface area contributed by atoms with Crippen LogP contribution in [0.2, 0.25) is 0 Å². The summed E-state index contributed by atoms with van der Waals surface area (Å²) in [7, 11) is 0.